The molecule has 4 heteroatoms. The second kappa shape index (κ2) is 2.95. The maximum Gasteiger partial charge on any atom is 0.232 e. The highest BCUT2D eigenvalue weighted by Crippen LogP contribution is 2.36. The van der Waals surface area contributed by atoms with Gasteiger partial charge in [0.1, 0.15) is 0 Å². The minimum absolute atomic E-state index is 0.413. The lowest BCUT2D eigenvalue weighted by Gasteiger charge is -2.07. The topological polar surface area (TPSA) is 12.9 Å². The molecule has 10 heavy (non-hydrogen) atoms. The molecule has 53 valence electrons. The van der Waals surface area contributed by atoms with Gasteiger partial charge in [-0.1, -0.05) is 40.9 Å². The normalized spacial score (nSPS) is 11.5. The molecular formula is C6H3Cl3N. The second-order valence-corrected chi connectivity index (χ2v) is 3.92. The van der Waals surface area contributed by atoms with E-state index in [-0.39, 0.29) is 0 Å². The minimum atomic E-state index is -1.42. The summed E-state index contributed by atoms with van der Waals surface area (Å²) in [5.41, 5.74) is 0.413. The Morgan fingerprint density at radius 2 is 2.10 bits per heavy atom. The van der Waals surface area contributed by atoms with E-state index in [1.807, 2.05) is 0 Å². The fourth-order valence-electron chi connectivity index (χ4n) is 0.488. The summed E-state index contributed by atoms with van der Waals surface area (Å²) in [4.78, 5) is 3.80. The molecule has 1 nitrogen and oxygen atoms in total. The van der Waals surface area contributed by atoms with Gasteiger partial charge in [-0.3, -0.25) is 4.98 Å². The largest absolute Gasteiger partial charge is 0.256 e. The second-order valence-electron chi connectivity index (χ2n) is 1.64. The van der Waals surface area contributed by atoms with E-state index in [9.17, 15) is 0 Å². The summed E-state index contributed by atoms with van der Waals surface area (Å²) in [5.74, 6) is 0. The molecule has 0 bridgehead atoms. The maximum atomic E-state index is 5.51. The molecular weight excluding hydrogens is 192 g/mol. The number of pyridine rings is 1. The van der Waals surface area contributed by atoms with Gasteiger partial charge < -0.3 is 0 Å². The lowest BCUT2D eigenvalue weighted by Crippen LogP contribution is -2.01. The fraction of sp³-hybridized carbons (Fsp3) is 0.167. The molecule has 1 aromatic rings. The molecule has 0 atom stereocenters. The molecule has 0 saturated carbocycles. The first-order valence-electron chi connectivity index (χ1n) is 2.50. The Hall–Kier alpha value is 0.0200. The highest BCUT2D eigenvalue weighted by atomic mass is 35.6. The molecule has 0 aromatic carbocycles. The van der Waals surface area contributed by atoms with Gasteiger partial charge >= 0.3 is 0 Å². The van der Waals surface area contributed by atoms with Crippen LogP contribution in [0.4, 0.5) is 0 Å². The Morgan fingerprint density at radius 1 is 1.40 bits per heavy atom. The van der Waals surface area contributed by atoms with Crippen LogP contribution in [0.1, 0.15) is 5.69 Å². The zero-order chi connectivity index (χ0) is 7.61. The summed E-state index contributed by atoms with van der Waals surface area (Å²) in [6, 6.07) is 5.97. The van der Waals surface area contributed by atoms with Crippen molar-refractivity contribution < 1.29 is 0 Å². The van der Waals surface area contributed by atoms with E-state index in [2.05, 4.69) is 11.1 Å². The highest BCUT2D eigenvalue weighted by molar-refractivity contribution is 6.66. The van der Waals surface area contributed by atoms with Gasteiger partial charge in [-0.15, -0.1) is 0 Å². The first kappa shape index (κ1) is 8.12. The van der Waals surface area contributed by atoms with Gasteiger partial charge in [-0.05, 0) is 6.07 Å². The summed E-state index contributed by atoms with van der Waals surface area (Å²) in [6.07, 6.45) is 1.46. The molecule has 0 unspecified atom stereocenters. The Morgan fingerprint density at radius 3 is 2.40 bits per heavy atom. The summed E-state index contributed by atoms with van der Waals surface area (Å²) < 4.78 is -1.42. The first-order chi connectivity index (χ1) is 4.61. The van der Waals surface area contributed by atoms with Crippen molar-refractivity contribution in [1.29, 1.82) is 0 Å². The van der Waals surface area contributed by atoms with Crippen molar-refractivity contribution in [3.05, 3.63) is 30.1 Å². The smallest absolute Gasteiger partial charge is 0.232 e. The molecule has 0 aliphatic carbocycles. The van der Waals surface area contributed by atoms with Crippen molar-refractivity contribution in [2.75, 3.05) is 0 Å². The van der Waals surface area contributed by atoms with Gasteiger partial charge in [0.25, 0.3) is 0 Å². The van der Waals surface area contributed by atoms with E-state index in [0.29, 0.717) is 5.69 Å². The van der Waals surface area contributed by atoms with E-state index in [1.165, 1.54) is 6.20 Å². The monoisotopic (exact) mass is 194 g/mol. The number of aromatic nitrogens is 1. The zero-order valence-electron chi connectivity index (χ0n) is 4.81. The van der Waals surface area contributed by atoms with Crippen molar-refractivity contribution >= 4 is 34.8 Å². The van der Waals surface area contributed by atoms with Crippen LogP contribution < -0.4 is 0 Å². The number of nitrogens with zero attached hydrogens (tertiary/aromatic N) is 1. The summed E-state index contributed by atoms with van der Waals surface area (Å²) in [7, 11) is 0. The van der Waals surface area contributed by atoms with Gasteiger partial charge in [0.15, 0.2) is 0 Å². The third-order valence-electron chi connectivity index (χ3n) is 0.906. The van der Waals surface area contributed by atoms with Gasteiger partial charge in [0.05, 0.1) is 5.69 Å². The fourth-order valence-corrected chi connectivity index (χ4v) is 0.823. The molecule has 1 radical (unpaired) electrons. The molecule has 1 heterocycles. The Bertz CT molecular complexity index is 204. The quantitative estimate of drug-likeness (QED) is 0.580. The molecule has 0 amide bonds. The van der Waals surface area contributed by atoms with Crippen LogP contribution in [0, 0.1) is 6.07 Å². The SMILES string of the molecule is ClC(Cl)(Cl)c1cc[c]cn1. The van der Waals surface area contributed by atoms with Crippen molar-refractivity contribution in [2.45, 2.75) is 3.79 Å². The van der Waals surface area contributed by atoms with E-state index in [0.717, 1.165) is 0 Å². The van der Waals surface area contributed by atoms with Crippen LogP contribution >= 0.6 is 34.8 Å². The maximum absolute atomic E-state index is 5.51. The van der Waals surface area contributed by atoms with Crippen LogP contribution in [-0.2, 0) is 3.79 Å². The molecule has 0 spiro atoms. The summed E-state index contributed by atoms with van der Waals surface area (Å²) in [5, 5.41) is 0. The van der Waals surface area contributed by atoms with Gasteiger partial charge in [-0.2, -0.15) is 0 Å². The van der Waals surface area contributed by atoms with E-state index in [4.69, 9.17) is 34.8 Å². The predicted molar refractivity (Wildman–Crippen MR) is 42.3 cm³/mol. The number of hydrogen-bond donors (Lipinski definition) is 0. The van der Waals surface area contributed by atoms with Crippen molar-refractivity contribution in [1.82, 2.24) is 4.98 Å². The molecule has 0 aliphatic rings. The third-order valence-corrected chi connectivity index (χ3v) is 1.49. The molecule has 0 N–H and O–H groups in total. The van der Waals surface area contributed by atoms with Crippen LogP contribution in [0.3, 0.4) is 0 Å². The Kier molecular flexibility index (Phi) is 2.40. The van der Waals surface area contributed by atoms with Crippen molar-refractivity contribution in [3.63, 3.8) is 0 Å². The highest BCUT2D eigenvalue weighted by Gasteiger charge is 2.23. The van der Waals surface area contributed by atoms with E-state index in [1.54, 1.807) is 12.1 Å². The average molecular weight is 195 g/mol. The van der Waals surface area contributed by atoms with Gasteiger partial charge in [-0.25, -0.2) is 0 Å². The summed E-state index contributed by atoms with van der Waals surface area (Å²) >= 11 is 16.5. The van der Waals surface area contributed by atoms with Crippen LogP contribution in [0.15, 0.2) is 18.3 Å². The molecule has 0 aliphatic heterocycles. The first-order valence-corrected chi connectivity index (χ1v) is 3.63. The molecule has 1 aromatic heterocycles. The number of alkyl halides is 3. The van der Waals surface area contributed by atoms with E-state index < -0.39 is 3.79 Å². The lowest BCUT2D eigenvalue weighted by molar-refractivity contribution is 1.08. The number of rotatable bonds is 0. The van der Waals surface area contributed by atoms with Crippen molar-refractivity contribution in [3.8, 4) is 0 Å². The van der Waals surface area contributed by atoms with Crippen LogP contribution in [0.5, 0.6) is 0 Å². The average Bonchev–Trinajstić information content (AvgIpc) is 1.88. The van der Waals surface area contributed by atoms with Crippen LogP contribution in [0.2, 0.25) is 0 Å². The summed E-state index contributed by atoms with van der Waals surface area (Å²) in [6.45, 7) is 0. The Labute approximate surface area is 73.9 Å². The van der Waals surface area contributed by atoms with Crippen molar-refractivity contribution in [2.24, 2.45) is 0 Å². The predicted octanol–water partition coefficient (Wildman–Crippen LogP) is 2.71. The lowest BCUT2D eigenvalue weighted by atomic mass is 10.4. The standard InChI is InChI=1S/C6H3Cl3N/c7-6(8,9)5-3-1-2-4-10-5/h1,3-4H. The number of hydrogen-bond acceptors (Lipinski definition) is 1. The molecule has 1 rings (SSSR count). The molecule has 0 saturated heterocycles. The van der Waals surface area contributed by atoms with E-state index >= 15 is 0 Å². The van der Waals surface area contributed by atoms with Crippen LogP contribution in [-0.4, -0.2) is 4.98 Å². The molecule has 0 fully saturated rings. The minimum Gasteiger partial charge on any atom is -0.256 e. The van der Waals surface area contributed by atoms with Gasteiger partial charge in [0.2, 0.25) is 3.79 Å². The third kappa shape index (κ3) is 2.01. The van der Waals surface area contributed by atoms with Crippen LogP contribution in [0.25, 0.3) is 0 Å². The Balaban J connectivity index is 2.97. The number of halogens is 3. The van der Waals surface area contributed by atoms with Gasteiger partial charge in [0, 0.05) is 12.3 Å². The zero-order valence-corrected chi connectivity index (χ0v) is 7.08.